The Hall–Kier alpha value is -3.74. The summed E-state index contributed by atoms with van der Waals surface area (Å²) in [4.78, 5) is 26.3. The van der Waals surface area contributed by atoms with Gasteiger partial charge in [0.05, 0.1) is 6.26 Å². The number of nitrogens with two attached hydrogens (primary N) is 1. The molecule has 0 aliphatic rings. The van der Waals surface area contributed by atoms with E-state index in [1.165, 1.54) is 0 Å². The minimum Gasteiger partial charge on any atom is -0.464 e. The van der Waals surface area contributed by atoms with Gasteiger partial charge in [-0.1, -0.05) is 6.07 Å². The van der Waals surface area contributed by atoms with Crippen molar-refractivity contribution in [3.8, 4) is 0 Å². The fourth-order valence-corrected chi connectivity index (χ4v) is 2.83. The van der Waals surface area contributed by atoms with E-state index in [0.717, 1.165) is 27.4 Å². The third-order valence-corrected chi connectivity index (χ3v) is 4.11. The standard InChI is InChI=1S/C19H16N4O3/c20-18(24)16-9-13-8-14(2-3-15(13)23-16)22-19(25)21-10-11-1-4-17-12(7-11)5-6-26-17/h1-9,23H,10H2,(H2,20,24)(H2,21,22,25). The van der Waals surface area contributed by atoms with Crippen molar-refractivity contribution in [2.24, 2.45) is 5.73 Å². The summed E-state index contributed by atoms with van der Waals surface area (Å²) in [6, 6.07) is 14.3. The smallest absolute Gasteiger partial charge is 0.319 e. The van der Waals surface area contributed by atoms with Crippen LogP contribution in [0.3, 0.4) is 0 Å². The Balaban J connectivity index is 1.42. The number of hydrogen-bond acceptors (Lipinski definition) is 3. The van der Waals surface area contributed by atoms with Crippen molar-refractivity contribution >= 4 is 39.5 Å². The number of aromatic amines is 1. The van der Waals surface area contributed by atoms with E-state index in [0.29, 0.717) is 17.9 Å². The first-order valence-corrected chi connectivity index (χ1v) is 8.02. The second-order valence-corrected chi connectivity index (χ2v) is 5.95. The van der Waals surface area contributed by atoms with Gasteiger partial charge in [0.2, 0.25) is 0 Å². The van der Waals surface area contributed by atoms with Crippen molar-refractivity contribution in [2.75, 3.05) is 5.32 Å². The van der Waals surface area contributed by atoms with Gasteiger partial charge in [-0.15, -0.1) is 0 Å². The van der Waals surface area contributed by atoms with E-state index < -0.39 is 5.91 Å². The number of furan rings is 1. The second-order valence-electron chi connectivity index (χ2n) is 5.95. The predicted molar refractivity (Wildman–Crippen MR) is 98.9 cm³/mol. The second kappa shape index (κ2) is 6.29. The predicted octanol–water partition coefficient (Wildman–Crippen LogP) is 3.33. The van der Waals surface area contributed by atoms with E-state index in [1.807, 2.05) is 24.3 Å². The molecule has 0 aliphatic heterocycles. The summed E-state index contributed by atoms with van der Waals surface area (Å²) in [5, 5.41) is 7.38. The normalized spacial score (nSPS) is 10.9. The number of rotatable bonds is 4. The van der Waals surface area contributed by atoms with Crippen LogP contribution in [-0.4, -0.2) is 16.9 Å². The third kappa shape index (κ3) is 3.10. The summed E-state index contributed by atoms with van der Waals surface area (Å²) in [6.45, 7) is 0.394. The molecule has 5 N–H and O–H groups in total. The number of amides is 3. The summed E-state index contributed by atoms with van der Waals surface area (Å²) in [5.74, 6) is -0.525. The van der Waals surface area contributed by atoms with Crippen LogP contribution >= 0.6 is 0 Å². The molecule has 7 nitrogen and oxygen atoms in total. The Morgan fingerprint density at radius 2 is 1.92 bits per heavy atom. The van der Waals surface area contributed by atoms with Crippen LogP contribution in [0.2, 0.25) is 0 Å². The number of hydrogen-bond donors (Lipinski definition) is 4. The highest BCUT2D eigenvalue weighted by Gasteiger charge is 2.08. The molecule has 2 aromatic carbocycles. The molecule has 0 bridgehead atoms. The van der Waals surface area contributed by atoms with Crippen LogP contribution in [0.5, 0.6) is 0 Å². The quantitative estimate of drug-likeness (QED) is 0.453. The number of benzene rings is 2. The molecule has 4 aromatic rings. The Bertz CT molecular complexity index is 1130. The summed E-state index contributed by atoms with van der Waals surface area (Å²) in [5.41, 5.74) is 8.78. The maximum Gasteiger partial charge on any atom is 0.319 e. The van der Waals surface area contributed by atoms with Gasteiger partial charge in [0.15, 0.2) is 0 Å². The Labute approximate surface area is 148 Å². The maximum absolute atomic E-state index is 12.1. The van der Waals surface area contributed by atoms with Crippen molar-refractivity contribution in [2.45, 2.75) is 6.54 Å². The van der Waals surface area contributed by atoms with Gasteiger partial charge >= 0.3 is 6.03 Å². The fourth-order valence-electron chi connectivity index (χ4n) is 2.83. The number of anilines is 1. The van der Waals surface area contributed by atoms with Crippen LogP contribution in [0, 0.1) is 0 Å². The van der Waals surface area contributed by atoms with Gasteiger partial charge in [0.25, 0.3) is 5.91 Å². The van der Waals surface area contributed by atoms with Gasteiger partial charge in [-0.2, -0.15) is 0 Å². The maximum atomic E-state index is 12.1. The number of carbonyl (C=O) groups excluding carboxylic acids is 2. The highest BCUT2D eigenvalue weighted by atomic mass is 16.3. The largest absolute Gasteiger partial charge is 0.464 e. The molecule has 3 amide bonds. The van der Waals surface area contributed by atoms with E-state index in [1.54, 1.807) is 30.5 Å². The average molecular weight is 348 g/mol. The number of urea groups is 1. The molecule has 130 valence electrons. The lowest BCUT2D eigenvalue weighted by Gasteiger charge is -2.08. The van der Waals surface area contributed by atoms with Crippen molar-refractivity contribution in [3.63, 3.8) is 0 Å². The first-order chi connectivity index (χ1) is 12.6. The topological polar surface area (TPSA) is 113 Å². The molecule has 0 fully saturated rings. The molecule has 0 saturated carbocycles. The number of H-pyrrole nitrogens is 1. The van der Waals surface area contributed by atoms with Crippen LogP contribution in [0.4, 0.5) is 10.5 Å². The molecule has 26 heavy (non-hydrogen) atoms. The molecule has 0 spiro atoms. The van der Waals surface area contributed by atoms with Crippen LogP contribution in [-0.2, 0) is 6.54 Å². The molecule has 0 aliphatic carbocycles. The van der Waals surface area contributed by atoms with Crippen LogP contribution < -0.4 is 16.4 Å². The Kier molecular flexibility index (Phi) is 3.81. The Morgan fingerprint density at radius 1 is 1.04 bits per heavy atom. The monoisotopic (exact) mass is 348 g/mol. The minimum absolute atomic E-state index is 0.317. The molecule has 2 heterocycles. The summed E-state index contributed by atoms with van der Waals surface area (Å²) >= 11 is 0. The zero-order valence-corrected chi connectivity index (χ0v) is 13.7. The van der Waals surface area contributed by atoms with E-state index in [9.17, 15) is 9.59 Å². The van der Waals surface area contributed by atoms with Gasteiger partial charge in [0, 0.05) is 28.5 Å². The highest BCUT2D eigenvalue weighted by molar-refractivity contribution is 5.99. The van der Waals surface area contributed by atoms with Crippen molar-refractivity contribution < 1.29 is 14.0 Å². The highest BCUT2D eigenvalue weighted by Crippen LogP contribution is 2.20. The van der Waals surface area contributed by atoms with E-state index >= 15 is 0 Å². The fraction of sp³-hybridized carbons (Fsp3) is 0.0526. The van der Waals surface area contributed by atoms with Crippen LogP contribution in [0.15, 0.2) is 59.2 Å². The molecular formula is C19H16N4O3. The number of primary amides is 1. The number of nitrogens with one attached hydrogen (secondary N) is 3. The SMILES string of the molecule is NC(=O)c1cc2cc(NC(=O)NCc3ccc4occc4c3)ccc2[nH]1. The molecule has 0 unspecified atom stereocenters. The summed E-state index contributed by atoms with van der Waals surface area (Å²) in [6.07, 6.45) is 1.63. The lowest BCUT2D eigenvalue weighted by Crippen LogP contribution is -2.28. The molecule has 0 atom stereocenters. The molecule has 0 radical (unpaired) electrons. The van der Waals surface area contributed by atoms with Gasteiger partial charge in [0.1, 0.15) is 11.3 Å². The van der Waals surface area contributed by atoms with Crippen LogP contribution in [0.1, 0.15) is 16.1 Å². The first-order valence-electron chi connectivity index (χ1n) is 8.02. The van der Waals surface area contributed by atoms with Crippen molar-refractivity contribution in [1.82, 2.24) is 10.3 Å². The van der Waals surface area contributed by atoms with Gasteiger partial charge in [-0.05, 0) is 48.0 Å². The van der Waals surface area contributed by atoms with E-state index in [4.69, 9.17) is 10.2 Å². The molecule has 2 aromatic heterocycles. The average Bonchev–Trinajstić information content (AvgIpc) is 3.25. The van der Waals surface area contributed by atoms with E-state index in [2.05, 4.69) is 15.6 Å². The number of carbonyl (C=O) groups is 2. The van der Waals surface area contributed by atoms with Gasteiger partial charge in [-0.25, -0.2) is 4.79 Å². The lowest BCUT2D eigenvalue weighted by molar-refractivity contribution is 0.0996. The van der Waals surface area contributed by atoms with Crippen molar-refractivity contribution in [3.05, 3.63) is 66.1 Å². The minimum atomic E-state index is -0.525. The van der Waals surface area contributed by atoms with Gasteiger partial charge < -0.3 is 25.8 Å². The first kappa shape index (κ1) is 15.8. The zero-order valence-electron chi connectivity index (χ0n) is 13.7. The van der Waals surface area contributed by atoms with Gasteiger partial charge in [-0.3, -0.25) is 4.79 Å². The lowest BCUT2D eigenvalue weighted by atomic mass is 10.1. The van der Waals surface area contributed by atoms with E-state index in [-0.39, 0.29) is 6.03 Å². The molecule has 0 saturated heterocycles. The zero-order chi connectivity index (χ0) is 18.1. The molecule has 7 heteroatoms. The summed E-state index contributed by atoms with van der Waals surface area (Å²) in [7, 11) is 0. The molecule has 4 rings (SSSR count). The molecular weight excluding hydrogens is 332 g/mol. The Morgan fingerprint density at radius 3 is 2.77 bits per heavy atom. The van der Waals surface area contributed by atoms with Crippen LogP contribution in [0.25, 0.3) is 21.9 Å². The summed E-state index contributed by atoms with van der Waals surface area (Å²) < 4.78 is 5.30. The number of fused-ring (bicyclic) bond motifs is 2. The van der Waals surface area contributed by atoms with Crippen molar-refractivity contribution in [1.29, 1.82) is 0 Å². The number of aromatic nitrogens is 1. The third-order valence-electron chi connectivity index (χ3n) is 4.11.